The SMILES string of the molecule is CCN(Cc1ncnn1C)CC1CCCN1. The summed E-state index contributed by atoms with van der Waals surface area (Å²) in [6.45, 7) is 6.44. The van der Waals surface area contributed by atoms with Gasteiger partial charge in [0.25, 0.3) is 0 Å². The van der Waals surface area contributed by atoms with Crippen molar-refractivity contribution in [3.05, 3.63) is 12.2 Å². The minimum Gasteiger partial charge on any atom is -0.313 e. The van der Waals surface area contributed by atoms with Gasteiger partial charge >= 0.3 is 0 Å². The third-order valence-corrected chi connectivity index (χ3v) is 3.26. The van der Waals surface area contributed by atoms with Gasteiger partial charge in [-0.2, -0.15) is 5.10 Å². The Labute approximate surface area is 96.8 Å². The molecule has 1 aromatic rings. The molecule has 0 amide bonds. The number of hydrogen-bond donors (Lipinski definition) is 1. The van der Waals surface area contributed by atoms with Gasteiger partial charge in [-0.15, -0.1) is 0 Å². The molecule has 0 saturated carbocycles. The van der Waals surface area contributed by atoms with Crippen LogP contribution in [0.4, 0.5) is 0 Å². The van der Waals surface area contributed by atoms with Gasteiger partial charge in [0.05, 0.1) is 6.54 Å². The van der Waals surface area contributed by atoms with Crippen LogP contribution in [0.15, 0.2) is 6.33 Å². The second-order valence-corrected chi connectivity index (χ2v) is 4.42. The molecule has 1 aliphatic rings. The molecule has 16 heavy (non-hydrogen) atoms. The van der Waals surface area contributed by atoms with E-state index < -0.39 is 0 Å². The highest BCUT2D eigenvalue weighted by atomic mass is 15.3. The van der Waals surface area contributed by atoms with Crippen LogP contribution in [0, 0.1) is 0 Å². The molecular weight excluding hydrogens is 202 g/mol. The first-order valence-electron chi connectivity index (χ1n) is 6.08. The van der Waals surface area contributed by atoms with Crippen molar-refractivity contribution >= 4 is 0 Å². The highest BCUT2D eigenvalue weighted by Gasteiger charge is 2.17. The van der Waals surface area contributed by atoms with Crippen molar-refractivity contribution in [2.75, 3.05) is 19.6 Å². The Hall–Kier alpha value is -0.940. The lowest BCUT2D eigenvalue weighted by atomic mass is 10.2. The first kappa shape index (κ1) is 11.5. The van der Waals surface area contributed by atoms with Gasteiger partial charge in [0.2, 0.25) is 0 Å². The van der Waals surface area contributed by atoms with E-state index in [2.05, 4.69) is 27.2 Å². The van der Waals surface area contributed by atoms with Crippen molar-refractivity contribution in [2.45, 2.75) is 32.4 Å². The van der Waals surface area contributed by atoms with E-state index >= 15 is 0 Å². The lowest BCUT2D eigenvalue weighted by Crippen LogP contribution is -2.37. The molecule has 1 saturated heterocycles. The molecule has 1 atom stereocenters. The quantitative estimate of drug-likeness (QED) is 0.784. The Morgan fingerprint density at radius 1 is 1.62 bits per heavy atom. The highest BCUT2D eigenvalue weighted by Crippen LogP contribution is 2.08. The molecule has 5 heteroatoms. The summed E-state index contributed by atoms with van der Waals surface area (Å²) in [7, 11) is 1.95. The summed E-state index contributed by atoms with van der Waals surface area (Å²) in [5.41, 5.74) is 0. The van der Waals surface area contributed by atoms with Gasteiger partial charge in [-0.3, -0.25) is 9.58 Å². The zero-order chi connectivity index (χ0) is 11.4. The molecule has 2 rings (SSSR count). The average molecular weight is 223 g/mol. The lowest BCUT2D eigenvalue weighted by Gasteiger charge is -2.23. The molecule has 5 nitrogen and oxygen atoms in total. The minimum absolute atomic E-state index is 0.660. The highest BCUT2D eigenvalue weighted by molar-refractivity contribution is 4.85. The number of nitrogens with zero attached hydrogens (tertiary/aromatic N) is 4. The van der Waals surface area contributed by atoms with Crippen LogP contribution >= 0.6 is 0 Å². The summed E-state index contributed by atoms with van der Waals surface area (Å²) in [5.74, 6) is 1.04. The van der Waals surface area contributed by atoms with Crippen LogP contribution in [0.25, 0.3) is 0 Å². The molecular formula is C11H21N5. The Morgan fingerprint density at radius 2 is 2.50 bits per heavy atom. The standard InChI is InChI=1S/C11H21N5/c1-3-16(7-10-5-4-6-12-10)8-11-13-9-14-15(11)2/h9-10,12H,3-8H2,1-2H3. The first-order valence-corrected chi connectivity index (χ1v) is 6.08. The summed E-state index contributed by atoms with van der Waals surface area (Å²) < 4.78 is 1.85. The van der Waals surface area contributed by atoms with E-state index in [9.17, 15) is 0 Å². The second kappa shape index (κ2) is 5.41. The Bertz CT molecular complexity index is 316. The van der Waals surface area contributed by atoms with Gasteiger partial charge in [0, 0.05) is 19.6 Å². The Morgan fingerprint density at radius 3 is 3.06 bits per heavy atom. The van der Waals surface area contributed by atoms with Crippen LogP contribution in [0.5, 0.6) is 0 Å². The number of aromatic nitrogens is 3. The number of hydrogen-bond acceptors (Lipinski definition) is 4. The zero-order valence-corrected chi connectivity index (χ0v) is 10.2. The molecule has 0 radical (unpaired) electrons. The maximum atomic E-state index is 4.27. The van der Waals surface area contributed by atoms with Crippen molar-refractivity contribution in [2.24, 2.45) is 7.05 Å². The van der Waals surface area contributed by atoms with Gasteiger partial charge in [-0.05, 0) is 25.9 Å². The summed E-state index contributed by atoms with van der Waals surface area (Å²) in [4.78, 5) is 6.69. The van der Waals surface area contributed by atoms with E-state index in [1.54, 1.807) is 6.33 Å². The van der Waals surface area contributed by atoms with E-state index in [-0.39, 0.29) is 0 Å². The fourth-order valence-electron chi connectivity index (χ4n) is 2.19. The van der Waals surface area contributed by atoms with Crippen LogP contribution in [-0.2, 0) is 13.6 Å². The molecule has 1 aliphatic heterocycles. The number of aryl methyl sites for hydroxylation is 1. The fraction of sp³-hybridized carbons (Fsp3) is 0.818. The van der Waals surface area contributed by atoms with Gasteiger partial charge in [0.15, 0.2) is 0 Å². The van der Waals surface area contributed by atoms with E-state index in [0.29, 0.717) is 6.04 Å². The molecule has 1 aromatic heterocycles. The molecule has 0 aromatic carbocycles. The molecule has 1 N–H and O–H groups in total. The summed E-state index contributed by atoms with van der Waals surface area (Å²) in [6.07, 6.45) is 4.23. The van der Waals surface area contributed by atoms with Crippen molar-refractivity contribution in [3.8, 4) is 0 Å². The van der Waals surface area contributed by atoms with Gasteiger partial charge in [0.1, 0.15) is 12.2 Å². The third kappa shape index (κ3) is 2.80. The molecule has 90 valence electrons. The third-order valence-electron chi connectivity index (χ3n) is 3.26. The second-order valence-electron chi connectivity index (χ2n) is 4.42. The van der Waals surface area contributed by atoms with Crippen LogP contribution in [-0.4, -0.2) is 45.3 Å². The zero-order valence-electron chi connectivity index (χ0n) is 10.2. The van der Waals surface area contributed by atoms with Gasteiger partial charge in [-0.25, -0.2) is 4.98 Å². The fourth-order valence-corrected chi connectivity index (χ4v) is 2.19. The van der Waals surface area contributed by atoms with E-state index in [4.69, 9.17) is 0 Å². The van der Waals surface area contributed by atoms with Crippen molar-refractivity contribution in [3.63, 3.8) is 0 Å². The van der Waals surface area contributed by atoms with E-state index in [1.807, 2.05) is 11.7 Å². The molecule has 0 spiro atoms. The monoisotopic (exact) mass is 223 g/mol. The number of rotatable bonds is 5. The Kier molecular flexibility index (Phi) is 3.90. The topological polar surface area (TPSA) is 46.0 Å². The number of nitrogens with one attached hydrogen (secondary N) is 1. The van der Waals surface area contributed by atoms with Crippen LogP contribution in [0.2, 0.25) is 0 Å². The average Bonchev–Trinajstić information content (AvgIpc) is 2.90. The van der Waals surface area contributed by atoms with Gasteiger partial charge < -0.3 is 5.32 Å². The Balaban J connectivity index is 1.87. The largest absolute Gasteiger partial charge is 0.313 e. The van der Waals surface area contributed by atoms with Crippen molar-refractivity contribution in [1.82, 2.24) is 25.0 Å². The lowest BCUT2D eigenvalue weighted by molar-refractivity contribution is 0.244. The van der Waals surface area contributed by atoms with Gasteiger partial charge in [-0.1, -0.05) is 6.92 Å². The smallest absolute Gasteiger partial charge is 0.140 e. The summed E-state index contributed by atoms with van der Waals surface area (Å²) >= 11 is 0. The maximum absolute atomic E-state index is 4.27. The first-order chi connectivity index (χ1) is 7.79. The van der Waals surface area contributed by atoms with Crippen LogP contribution < -0.4 is 5.32 Å². The van der Waals surface area contributed by atoms with E-state index in [1.165, 1.54) is 19.4 Å². The summed E-state index contributed by atoms with van der Waals surface area (Å²) in [5, 5.41) is 7.63. The normalized spacial score (nSPS) is 20.8. The molecule has 0 bridgehead atoms. The van der Waals surface area contributed by atoms with Crippen molar-refractivity contribution < 1.29 is 0 Å². The van der Waals surface area contributed by atoms with E-state index in [0.717, 1.165) is 25.5 Å². The minimum atomic E-state index is 0.660. The van der Waals surface area contributed by atoms with Crippen LogP contribution in [0.1, 0.15) is 25.6 Å². The predicted molar refractivity (Wildman–Crippen MR) is 63.0 cm³/mol. The summed E-state index contributed by atoms with van der Waals surface area (Å²) in [6, 6.07) is 0.660. The molecule has 1 fully saturated rings. The maximum Gasteiger partial charge on any atom is 0.140 e. The molecule has 0 aliphatic carbocycles. The van der Waals surface area contributed by atoms with Crippen molar-refractivity contribution in [1.29, 1.82) is 0 Å². The number of likely N-dealkylation sites (N-methyl/N-ethyl adjacent to an activating group) is 1. The molecule has 2 heterocycles. The van der Waals surface area contributed by atoms with Crippen LogP contribution in [0.3, 0.4) is 0 Å². The predicted octanol–water partition coefficient (Wildman–Crippen LogP) is 0.389. The molecule has 1 unspecified atom stereocenters.